The van der Waals surface area contributed by atoms with Gasteiger partial charge in [-0.1, -0.05) is 0 Å². The van der Waals surface area contributed by atoms with E-state index in [0.717, 1.165) is 6.54 Å². The van der Waals surface area contributed by atoms with E-state index in [1.807, 2.05) is 11.8 Å². The number of amides is 2. The monoisotopic (exact) mass is 200 g/mol. The van der Waals surface area contributed by atoms with Crippen molar-refractivity contribution < 1.29 is 4.79 Å². The van der Waals surface area contributed by atoms with E-state index in [1.54, 1.807) is 0 Å². The Labute approximate surface area is 83.0 Å². The molecule has 0 aliphatic carbocycles. The Balaban J connectivity index is 2.01. The third kappa shape index (κ3) is 1.77. The zero-order valence-corrected chi connectivity index (χ0v) is 8.75. The lowest BCUT2D eigenvalue weighted by Crippen LogP contribution is -2.48. The standard InChI is InChI=1S/C9H16N2OS/c1-9(6-10-8(12)11-9)7-2-4-13-5-3-7/h7H,2-6H2,1H3,(H2,10,11,12). The van der Waals surface area contributed by atoms with Gasteiger partial charge in [-0.2, -0.15) is 11.8 Å². The zero-order chi connectivity index (χ0) is 9.31. The molecule has 2 saturated heterocycles. The minimum atomic E-state index is 0.000673. The Morgan fingerprint density at radius 2 is 2.15 bits per heavy atom. The number of rotatable bonds is 1. The van der Waals surface area contributed by atoms with Crippen LogP contribution in [-0.2, 0) is 0 Å². The second kappa shape index (κ2) is 3.40. The maximum absolute atomic E-state index is 11.1. The summed E-state index contributed by atoms with van der Waals surface area (Å²) in [4.78, 5) is 11.1. The summed E-state index contributed by atoms with van der Waals surface area (Å²) < 4.78 is 0. The Morgan fingerprint density at radius 1 is 1.46 bits per heavy atom. The quantitative estimate of drug-likeness (QED) is 0.668. The zero-order valence-electron chi connectivity index (χ0n) is 7.93. The molecule has 2 rings (SSSR count). The van der Waals surface area contributed by atoms with Crippen LogP contribution in [0.15, 0.2) is 0 Å². The molecule has 0 saturated carbocycles. The summed E-state index contributed by atoms with van der Waals surface area (Å²) in [6, 6.07) is 0.000673. The molecule has 0 bridgehead atoms. The first-order valence-corrected chi connectivity index (χ1v) is 6.00. The number of nitrogens with one attached hydrogen (secondary N) is 2. The van der Waals surface area contributed by atoms with E-state index >= 15 is 0 Å². The number of carbonyl (C=O) groups excluding carboxylic acids is 1. The van der Waals surface area contributed by atoms with Crippen LogP contribution in [-0.4, -0.2) is 29.6 Å². The molecule has 2 aliphatic heterocycles. The van der Waals surface area contributed by atoms with Gasteiger partial charge in [0.1, 0.15) is 0 Å². The van der Waals surface area contributed by atoms with Crippen molar-refractivity contribution in [3.8, 4) is 0 Å². The summed E-state index contributed by atoms with van der Waals surface area (Å²) in [6.45, 7) is 2.95. The largest absolute Gasteiger partial charge is 0.336 e. The number of carbonyl (C=O) groups is 1. The maximum atomic E-state index is 11.1. The van der Waals surface area contributed by atoms with Gasteiger partial charge in [0.2, 0.25) is 0 Å². The summed E-state index contributed by atoms with van der Waals surface area (Å²) >= 11 is 2.02. The Morgan fingerprint density at radius 3 is 2.69 bits per heavy atom. The van der Waals surface area contributed by atoms with Crippen LogP contribution in [0.2, 0.25) is 0 Å². The van der Waals surface area contributed by atoms with Gasteiger partial charge in [0.15, 0.2) is 0 Å². The number of thioether (sulfide) groups is 1. The highest BCUT2D eigenvalue weighted by atomic mass is 32.2. The molecule has 1 atom stereocenters. The number of hydrogen-bond donors (Lipinski definition) is 2. The molecule has 2 fully saturated rings. The third-order valence-electron chi connectivity index (χ3n) is 3.14. The minimum absolute atomic E-state index is 0.000673. The average Bonchev–Trinajstić information content (AvgIpc) is 2.49. The van der Waals surface area contributed by atoms with Gasteiger partial charge in [0.05, 0.1) is 5.54 Å². The fourth-order valence-corrected chi connectivity index (χ4v) is 3.30. The third-order valence-corrected chi connectivity index (χ3v) is 4.19. The summed E-state index contributed by atoms with van der Waals surface area (Å²) in [5.41, 5.74) is 0.0120. The van der Waals surface area contributed by atoms with E-state index in [9.17, 15) is 4.79 Å². The molecular weight excluding hydrogens is 184 g/mol. The van der Waals surface area contributed by atoms with Crippen molar-refractivity contribution in [1.29, 1.82) is 0 Å². The average molecular weight is 200 g/mol. The maximum Gasteiger partial charge on any atom is 0.315 e. The van der Waals surface area contributed by atoms with E-state index in [-0.39, 0.29) is 11.6 Å². The lowest BCUT2D eigenvalue weighted by Gasteiger charge is -2.35. The second-order valence-electron chi connectivity index (χ2n) is 4.11. The highest BCUT2D eigenvalue weighted by molar-refractivity contribution is 7.99. The SMILES string of the molecule is CC1(C2CCSCC2)CNC(=O)N1. The lowest BCUT2D eigenvalue weighted by atomic mass is 9.82. The van der Waals surface area contributed by atoms with Crippen LogP contribution in [0.5, 0.6) is 0 Å². The van der Waals surface area contributed by atoms with Gasteiger partial charge in [-0.3, -0.25) is 0 Å². The molecule has 2 heterocycles. The molecule has 4 heteroatoms. The highest BCUT2D eigenvalue weighted by Crippen LogP contribution is 2.32. The van der Waals surface area contributed by atoms with Gasteiger partial charge in [0, 0.05) is 6.54 Å². The fraction of sp³-hybridized carbons (Fsp3) is 0.889. The second-order valence-corrected chi connectivity index (χ2v) is 5.34. The van der Waals surface area contributed by atoms with E-state index in [0.29, 0.717) is 5.92 Å². The molecule has 3 nitrogen and oxygen atoms in total. The normalized spacial score (nSPS) is 35.6. The number of hydrogen-bond acceptors (Lipinski definition) is 2. The summed E-state index contributed by atoms with van der Waals surface area (Å²) in [5, 5.41) is 5.89. The first-order chi connectivity index (χ1) is 6.21. The molecule has 0 aromatic rings. The van der Waals surface area contributed by atoms with Gasteiger partial charge in [-0.15, -0.1) is 0 Å². The van der Waals surface area contributed by atoms with Crippen LogP contribution in [0.25, 0.3) is 0 Å². The summed E-state index contributed by atoms with van der Waals surface area (Å²) in [7, 11) is 0. The van der Waals surface area contributed by atoms with E-state index in [2.05, 4.69) is 17.6 Å². The fourth-order valence-electron chi connectivity index (χ4n) is 2.19. The van der Waals surface area contributed by atoms with Crippen LogP contribution in [0, 0.1) is 5.92 Å². The number of urea groups is 1. The molecular formula is C9H16N2OS. The van der Waals surface area contributed by atoms with Crippen molar-refractivity contribution in [1.82, 2.24) is 10.6 Å². The van der Waals surface area contributed by atoms with Crippen LogP contribution in [0.3, 0.4) is 0 Å². The van der Waals surface area contributed by atoms with Crippen molar-refractivity contribution in [3.63, 3.8) is 0 Å². The predicted octanol–water partition coefficient (Wildman–Crippen LogP) is 1.20. The van der Waals surface area contributed by atoms with Crippen molar-refractivity contribution >= 4 is 17.8 Å². The molecule has 74 valence electrons. The van der Waals surface area contributed by atoms with Gasteiger partial charge >= 0.3 is 6.03 Å². The molecule has 2 N–H and O–H groups in total. The van der Waals surface area contributed by atoms with Crippen molar-refractivity contribution in [2.24, 2.45) is 5.92 Å². The molecule has 0 aromatic carbocycles. The first-order valence-electron chi connectivity index (χ1n) is 4.84. The molecule has 2 amide bonds. The molecule has 0 radical (unpaired) electrons. The van der Waals surface area contributed by atoms with Gasteiger partial charge < -0.3 is 10.6 Å². The molecule has 2 aliphatic rings. The van der Waals surface area contributed by atoms with E-state index in [1.165, 1.54) is 24.3 Å². The highest BCUT2D eigenvalue weighted by Gasteiger charge is 2.40. The van der Waals surface area contributed by atoms with Gasteiger partial charge in [-0.05, 0) is 37.2 Å². The molecule has 0 aromatic heterocycles. The summed E-state index contributed by atoms with van der Waals surface area (Å²) in [5.74, 6) is 3.15. The minimum Gasteiger partial charge on any atom is -0.336 e. The van der Waals surface area contributed by atoms with Gasteiger partial charge in [-0.25, -0.2) is 4.79 Å². The summed E-state index contributed by atoms with van der Waals surface area (Å²) in [6.07, 6.45) is 2.48. The van der Waals surface area contributed by atoms with Crippen LogP contribution < -0.4 is 10.6 Å². The van der Waals surface area contributed by atoms with Gasteiger partial charge in [0.25, 0.3) is 0 Å². The van der Waals surface area contributed by atoms with E-state index in [4.69, 9.17) is 0 Å². The van der Waals surface area contributed by atoms with E-state index < -0.39 is 0 Å². The Hall–Kier alpha value is -0.380. The predicted molar refractivity (Wildman–Crippen MR) is 55.0 cm³/mol. The smallest absolute Gasteiger partial charge is 0.315 e. The van der Waals surface area contributed by atoms with Crippen molar-refractivity contribution in [2.45, 2.75) is 25.3 Å². The van der Waals surface area contributed by atoms with Crippen molar-refractivity contribution in [2.75, 3.05) is 18.1 Å². The molecule has 0 spiro atoms. The van der Waals surface area contributed by atoms with Crippen molar-refractivity contribution in [3.05, 3.63) is 0 Å². The topological polar surface area (TPSA) is 41.1 Å². The van der Waals surface area contributed by atoms with Crippen LogP contribution in [0.1, 0.15) is 19.8 Å². The molecule has 1 unspecified atom stereocenters. The van der Waals surface area contributed by atoms with Crippen LogP contribution >= 0.6 is 11.8 Å². The first kappa shape index (κ1) is 9.19. The van der Waals surface area contributed by atoms with Crippen LogP contribution in [0.4, 0.5) is 4.79 Å². The lowest BCUT2D eigenvalue weighted by molar-refractivity contribution is 0.232. The Kier molecular flexibility index (Phi) is 2.41. The molecule has 13 heavy (non-hydrogen) atoms. The Bertz CT molecular complexity index is 216.